The van der Waals surface area contributed by atoms with Crippen LogP contribution in [0.15, 0.2) is 36.7 Å². The summed E-state index contributed by atoms with van der Waals surface area (Å²) in [6.45, 7) is 0. The van der Waals surface area contributed by atoms with Gasteiger partial charge in [-0.1, -0.05) is 18.2 Å². The average molecular weight is 244 g/mol. The van der Waals surface area contributed by atoms with E-state index >= 15 is 0 Å². The van der Waals surface area contributed by atoms with Gasteiger partial charge in [-0.15, -0.1) is 0 Å². The number of nitrogens with zero attached hydrogens (tertiary/aromatic N) is 1. The maximum Gasteiger partial charge on any atom is 0.313 e. The zero-order valence-corrected chi connectivity index (χ0v) is 9.84. The topological polar surface area (TPSA) is 72.1 Å². The third-order valence-corrected chi connectivity index (χ3v) is 2.49. The van der Waals surface area contributed by atoms with Gasteiger partial charge in [0.25, 0.3) is 0 Å². The number of carbonyl (C=O) groups is 2. The standard InChI is InChI=1S/C13H12N2O3/c1-18-12(17)8-11(16)9-3-2-4-10(7-9)13-14-5-6-15-13/h2-7H,8H2,1H3,(H,14,15). The number of methoxy groups -OCH3 is 1. The number of rotatable bonds is 4. The van der Waals surface area contributed by atoms with Gasteiger partial charge in [-0.05, 0) is 6.07 Å². The molecule has 0 bridgehead atoms. The third-order valence-electron chi connectivity index (χ3n) is 2.49. The highest BCUT2D eigenvalue weighted by atomic mass is 16.5. The second-order valence-electron chi connectivity index (χ2n) is 3.69. The van der Waals surface area contributed by atoms with Crippen LogP contribution in [0.25, 0.3) is 11.4 Å². The van der Waals surface area contributed by atoms with E-state index in [2.05, 4.69) is 14.7 Å². The third kappa shape index (κ3) is 2.63. The Labute approximate surface area is 104 Å². The molecule has 0 aliphatic rings. The fraction of sp³-hybridized carbons (Fsp3) is 0.154. The summed E-state index contributed by atoms with van der Waals surface area (Å²) in [5, 5.41) is 0. The molecule has 0 atom stereocenters. The monoisotopic (exact) mass is 244 g/mol. The molecule has 0 unspecified atom stereocenters. The van der Waals surface area contributed by atoms with E-state index in [4.69, 9.17) is 0 Å². The summed E-state index contributed by atoms with van der Waals surface area (Å²) in [6.07, 6.45) is 3.09. The summed E-state index contributed by atoms with van der Waals surface area (Å²) in [5.74, 6) is -0.124. The van der Waals surface area contributed by atoms with Crippen LogP contribution >= 0.6 is 0 Å². The van der Waals surface area contributed by atoms with Gasteiger partial charge < -0.3 is 9.72 Å². The van der Waals surface area contributed by atoms with Crippen molar-refractivity contribution in [2.75, 3.05) is 7.11 Å². The zero-order valence-electron chi connectivity index (χ0n) is 9.84. The van der Waals surface area contributed by atoms with Gasteiger partial charge in [0.2, 0.25) is 0 Å². The molecule has 18 heavy (non-hydrogen) atoms. The fourth-order valence-electron chi connectivity index (χ4n) is 1.57. The Bertz CT molecular complexity index is 561. The summed E-state index contributed by atoms with van der Waals surface area (Å²) >= 11 is 0. The molecular formula is C13H12N2O3. The number of aromatic amines is 1. The highest BCUT2D eigenvalue weighted by Crippen LogP contribution is 2.17. The van der Waals surface area contributed by atoms with Gasteiger partial charge in [0.05, 0.1) is 7.11 Å². The molecule has 0 saturated heterocycles. The van der Waals surface area contributed by atoms with Gasteiger partial charge in [-0.2, -0.15) is 0 Å². The number of aromatic nitrogens is 2. The van der Waals surface area contributed by atoms with E-state index in [-0.39, 0.29) is 12.2 Å². The summed E-state index contributed by atoms with van der Waals surface area (Å²) in [5.41, 5.74) is 1.27. The minimum absolute atomic E-state index is 0.252. The predicted molar refractivity (Wildman–Crippen MR) is 65.0 cm³/mol. The molecule has 2 rings (SSSR count). The Morgan fingerprint density at radius 2 is 2.22 bits per heavy atom. The molecule has 1 N–H and O–H groups in total. The molecule has 0 radical (unpaired) electrons. The Balaban J connectivity index is 2.22. The first-order valence-electron chi connectivity index (χ1n) is 5.40. The number of hydrogen-bond donors (Lipinski definition) is 1. The van der Waals surface area contributed by atoms with Crippen molar-refractivity contribution in [3.8, 4) is 11.4 Å². The lowest BCUT2D eigenvalue weighted by molar-refractivity contribution is -0.139. The number of ether oxygens (including phenoxy) is 1. The van der Waals surface area contributed by atoms with Crippen molar-refractivity contribution < 1.29 is 14.3 Å². The Hall–Kier alpha value is -2.43. The van der Waals surface area contributed by atoms with Crippen LogP contribution in [0.1, 0.15) is 16.8 Å². The highest BCUT2D eigenvalue weighted by Gasteiger charge is 2.12. The molecule has 92 valence electrons. The number of H-pyrrole nitrogens is 1. The van der Waals surface area contributed by atoms with E-state index in [1.165, 1.54) is 7.11 Å². The number of nitrogens with one attached hydrogen (secondary N) is 1. The minimum atomic E-state index is -0.539. The molecule has 0 aliphatic carbocycles. The SMILES string of the molecule is COC(=O)CC(=O)c1cccc(-c2ncc[nH]2)c1. The van der Waals surface area contributed by atoms with E-state index in [0.717, 1.165) is 5.56 Å². The number of carbonyl (C=O) groups excluding carboxylic acids is 2. The van der Waals surface area contributed by atoms with E-state index in [0.29, 0.717) is 11.4 Å². The van der Waals surface area contributed by atoms with Gasteiger partial charge in [0, 0.05) is 23.5 Å². The minimum Gasteiger partial charge on any atom is -0.469 e. The number of Topliss-reactive ketones (excluding diaryl/α,β-unsaturated/α-hetero) is 1. The van der Waals surface area contributed by atoms with Crippen molar-refractivity contribution >= 4 is 11.8 Å². The van der Waals surface area contributed by atoms with Crippen LogP contribution < -0.4 is 0 Å². The van der Waals surface area contributed by atoms with Crippen LogP contribution in [0.3, 0.4) is 0 Å². The maximum atomic E-state index is 11.8. The van der Waals surface area contributed by atoms with E-state index < -0.39 is 5.97 Å². The van der Waals surface area contributed by atoms with Crippen LogP contribution in [-0.4, -0.2) is 28.8 Å². The predicted octanol–water partition coefficient (Wildman–Crippen LogP) is 1.82. The smallest absolute Gasteiger partial charge is 0.313 e. The molecule has 2 aromatic rings. The molecule has 1 aromatic heterocycles. The van der Waals surface area contributed by atoms with E-state index in [1.54, 1.807) is 30.6 Å². The maximum absolute atomic E-state index is 11.8. The first kappa shape index (κ1) is 12.0. The number of hydrogen-bond acceptors (Lipinski definition) is 4. The normalized spacial score (nSPS) is 10.1. The number of imidazole rings is 1. The second-order valence-corrected chi connectivity index (χ2v) is 3.69. The molecule has 0 fully saturated rings. The van der Waals surface area contributed by atoms with Gasteiger partial charge in [-0.3, -0.25) is 9.59 Å². The molecule has 5 heteroatoms. The Morgan fingerprint density at radius 1 is 1.39 bits per heavy atom. The molecule has 1 aromatic carbocycles. The van der Waals surface area contributed by atoms with Crippen molar-refractivity contribution in [2.24, 2.45) is 0 Å². The van der Waals surface area contributed by atoms with Gasteiger partial charge in [0.15, 0.2) is 5.78 Å². The summed E-state index contributed by atoms with van der Waals surface area (Å²) in [6, 6.07) is 6.96. The first-order valence-corrected chi connectivity index (χ1v) is 5.40. The van der Waals surface area contributed by atoms with Crippen molar-refractivity contribution in [2.45, 2.75) is 6.42 Å². The van der Waals surface area contributed by atoms with Crippen LogP contribution in [0.4, 0.5) is 0 Å². The van der Waals surface area contributed by atoms with Crippen molar-refractivity contribution in [1.82, 2.24) is 9.97 Å². The molecular weight excluding hydrogens is 232 g/mol. The lowest BCUT2D eigenvalue weighted by Gasteiger charge is -2.02. The summed E-state index contributed by atoms with van der Waals surface area (Å²) < 4.78 is 4.47. The van der Waals surface area contributed by atoms with E-state index in [9.17, 15) is 9.59 Å². The number of esters is 1. The average Bonchev–Trinajstić information content (AvgIpc) is 2.92. The molecule has 1 heterocycles. The lowest BCUT2D eigenvalue weighted by atomic mass is 10.0. The Kier molecular flexibility index (Phi) is 3.52. The van der Waals surface area contributed by atoms with Crippen LogP contribution in [-0.2, 0) is 9.53 Å². The molecule has 0 aliphatic heterocycles. The lowest BCUT2D eigenvalue weighted by Crippen LogP contribution is -2.09. The number of benzene rings is 1. The van der Waals surface area contributed by atoms with Gasteiger partial charge in [-0.25, -0.2) is 4.98 Å². The van der Waals surface area contributed by atoms with Crippen LogP contribution in [0.2, 0.25) is 0 Å². The molecule has 0 saturated carbocycles. The Morgan fingerprint density at radius 3 is 2.89 bits per heavy atom. The first-order chi connectivity index (χ1) is 8.70. The van der Waals surface area contributed by atoms with Crippen molar-refractivity contribution in [3.63, 3.8) is 0 Å². The van der Waals surface area contributed by atoms with Crippen molar-refractivity contribution in [3.05, 3.63) is 42.2 Å². The largest absolute Gasteiger partial charge is 0.469 e. The highest BCUT2D eigenvalue weighted by molar-refractivity contribution is 6.06. The summed E-state index contributed by atoms with van der Waals surface area (Å²) in [4.78, 5) is 29.9. The molecule has 0 amide bonds. The quantitative estimate of drug-likeness (QED) is 0.506. The second kappa shape index (κ2) is 5.27. The number of ketones is 1. The molecule has 0 spiro atoms. The van der Waals surface area contributed by atoms with Crippen LogP contribution in [0, 0.1) is 0 Å². The van der Waals surface area contributed by atoms with E-state index in [1.807, 2.05) is 6.07 Å². The zero-order chi connectivity index (χ0) is 13.0. The fourth-order valence-corrected chi connectivity index (χ4v) is 1.57. The summed E-state index contributed by atoms with van der Waals surface area (Å²) in [7, 11) is 1.26. The molecule has 5 nitrogen and oxygen atoms in total. The van der Waals surface area contributed by atoms with Crippen LogP contribution in [0.5, 0.6) is 0 Å². The van der Waals surface area contributed by atoms with Gasteiger partial charge in [0.1, 0.15) is 12.2 Å². The van der Waals surface area contributed by atoms with Crippen molar-refractivity contribution in [1.29, 1.82) is 0 Å². The van der Waals surface area contributed by atoms with Gasteiger partial charge >= 0.3 is 5.97 Å².